The zero-order valence-electron chi connectivity index (χ0n) is 16.4. The van der Waals surface area contributed by atoms with Gasteiger partial charge >= 0.3 is 0 Å². The molecule has 5 heteroatoms. The van der Waals surface area contributed by atoms with Crippen LogP contribution in [0.1, 0.15) is 69.0 Å². The molecule has 0 heterocycles. The Morgan fingerprint density at radius 2 is 1.37 bits per heavy atom. The molecule has 1 unspecified atom stereocenters. The number of benzene rings is 2. The minimum absolute atomic E-state index is 0.0700. The van der Waals surface area contributed by atoms with Crippen LogP contribution in [0.4, 0.5) is 13.2 Å². The van der Waals surface area contributed by atoms with E-state index in [4.69, 9.17) is 5.11 Å². The van der Waals surface area contributed by atoms with Crippen molar-refractivity contribution in [3.05, 3.63) is 58.7 Å². The SMILES string of the molecule is CCCc1ccc(O)cc1C(C)(F)F.CCCc1ccc(O)cc1C(C)F. The summed E-state index contributed by atoms with van der Waals surface area (Å²) in [4.78, 5) is 0. The van der Waals surface area contributed by atoms with Crippen LogP contribution < -0.4 is 0 Å². The van der Waals surface area contributed by atoms with Crippen LogP contribution in [0.25, 0.3) is 0 Å². The molecular weight excluding hydrogens is 353 g/mol. The van der Waals surface area contributed by atoms with E-state index in [0.29, 0.717) is 17.5 Å². The van der Waals surface area contributed by atoms with Crippen LogP contribution in [0.15, 0.2) is 36.4 Å². The van der Waals surface area contributed by atoms with Crippen LogP contribution in [0.2, 0.25) is 0 Å². The molecule has 0 saturated carbocycles. The lowest BCUT2D eigenvalue weighted by Crippen LogP contribution is -2.10. The number of halogens is 3. The molecule has 0 aliphatic carbocycles. The van der Waals surface area contributed by atoms with E-state index in [1.54, 1.807) is 18.2 Å². The number of hydrogen-bond donors (Lipinski definition) is 2. The Morgan fingerprint density at radius 3 is 1.85 bits per heavy atom. The predicted molar refractivity (Wildman–Crippen MR) is 103 cm³/mol. The first-order chi connectivity index (χ1) is 12.6. The summed E-state index contributed by atoms with van der Waals surface area (Å²) in [6.07, 6.45) is 2.27. The van der Waals surface area contributed by atoms with Crippen molar-refractivity contribution >= 4 is 0 Å². The summed E-state index contributed by atoms with van der Waals surface area (Å²) >= 11 is 0. The standard InChI is InChI=1S/C11H14F2O.C11H15FO/c1-3-4-8-5-6-9(14)7-10(8)11(2,12)13;1-3-4-9-5-6-10(13)7-11(9)8(2)12/h5-7,14H,3-4H2,1-2H3;5-8,13H,3-4H2,1-2H3. The lowest BCUT2D eigenvalue weighted by molar-refractivity contribution is 0.0163. The van der Waals surface area contributed by atoms with Gasteiger partial charge in [-0.15, -0.1) is 0 Å². The van der Waals surface area contributed by atoms with Gasteiger partial charge in [0, 0.05) is 12.5 Å². The Labute approximate surface area is 159 Å². The molecule has 0 spiro atoms. The van der Waals surface area contributed by atoms with E-state index in [1.165, 1.54) is 19.1 Å². The number of aromatic hydroxyl groups is 2. The van der Waals surface area contributed by atoms with Gasteiger partial charge in [-0.1, -0.05) is 38.8 Å². The average molecular weight is 382 g/mol. The largest absolute Gasteiger partial charge is 0.508 e. The zero-order valence-corrected chi connectivity index (χ0v) is 16.4. The summed E-state index contributed by atoms with van der Waals surface area (Å²) < 4.78 is 39.3. The Bertz CT molecular complexity index is 722. The minimum atomic E-state index is -2.89. The molecule has 0 aliphatic rings. The quantitative estimate of drug-likeness (QED) is 0.575. The molecule has 0 radical (unpaired) electrons. The van der Waals surface area contributed by atoms with Gasteiger partial charge < -0.3 is 10.2 Å². The molecule has 0 aromatic heterocycles. The first-order valence-corrected chi connectivity index (χ1v) is 9.26. The van der Waals surface area contributed by atoms with E-state index in [0.717, 1.165) is 37.8 Å². The topological polar surface area (TPSA) is 40.5 Å². The fraction of sp³-hybridized carbons (Fsp3) is 0.455. The van der Waals surface area contributed by atoms with E-state index >= 15 is 0 Å². The maximum Gasteiger partial charge on any atom is 0.270 e. The molecular formula is C22H29F3O2. The number of phenols is 2. The minimum Gasteiger partial charge on any atom is -0.508 e. The molecule has 150 valence electrons. The molecule has 1 atom stereocenters. The van der Waals surface area contributed by atoms with Crippen LogP contribution in [-0.2, 0) is 18.8 Å². The smallest absolute Gasteiger partial charge is 0.270 e. The molecule has 2 aromatic carbocycles. The monoisotopic (exact) mass is 382 g/mol. The fourth-order valence-corrected chi connectivity index (χ4v) is 2.91. The highest BCUT2D eigenvalue weighted by molar-refractivity contribution is 5.38. The number of hydrogen-bond acceptors (Lipinski definition) is 2. The Balaban J connectivity index is 0.000000271. The highest BCUT2D eigenvalue weighted by Crippen LogP contribution is 2.32. The van der Waals surface area contributed by atoms with Gasteiger partial charge in [0.25, 0.3) is 5.92 Å². The van der Waals surface area contributed by atoms with Crippen LogP contribution in [-0.4, -0.2) is 10.2 Å². The third kappa shape index (κ3) is 7.16. The molecule has 0 fully saturated rings. The highest BCUT2D eigenvalue weighted by Gasteiger charge is 2.27. The first kappa shape index (κ1) is 22.9. The maximum absolute atomic E-state index is 13.1. The molecule has 27 heavy (non-hydrogen) atoms. The van der Waals surface area contributed by atoms with Gasteiger partial charge in [0.15, 0.2) is 0 Å². The van der Waals surface area contributed by atoms with Crippen molar-refractivity contribution in [3.63, 3.8) is 0 Å². The van der Waals surface area contributed by atoms with Crippen LogP contribution in [0, 0.1) is 0 Å². The Kier molecular flexibility index (Phi) is 8.67. The molecule has 0 amide bonds. The molecule has 2 rings (SSSR count). The van der Waals surface area contributed by atoms with Gasteiger partial charge in [-0.05, 0) is 60.7 Å². The van der Waals surface area contributed by atoms with Crippen molar-refractivity contribution in [3.8, 4) is 11.5 Å². The molecule has 0 aliphatic heterocycles. The van der Waals surface area contributed by atoms with Gasteiger partial charge in [0.05, 0.1) is 0 Å². The van der Waals surface area contributed by atoms with E-state index in [9.17, 15) is 18.3 Å². The normalized spacial score (nSPS) is 12.3. The third-order valence-corrected chi connectivity index (χ3v) is 4.16. The van der Waals surface area contributed by atoms with Gasteiger partial charge in [0.2, 0.25) is 0 Å². The summed E-state index contributed by atoms with van der Waals surface area (Å²) in [6.45, 7) is 6.33. The fourth-order valence-electron chi connectivity index (χ4n) is 2.91. The van der Waals surface area contributed by atoms with Gasteiger partial charge in [-0.25, -0.2) is 13.2 Å². The van der Waals surface area contributed by atoms with Crippen molar-refractivity contribution in [2.75, 3.05) is 0 Å². The van der Waals surface area contributed by atoms with Crippen molar-refractivity contribution in [1.82, 2.24) is 0 Å². The summed E-state index contributed by atoms with van der Waals surface area (Å²) in [6, 6.07) is 9.06. The number of rotatable bonds is 6. The predicted octanol–water partition coefficient (Wildman–Crippen LogP) is 6.83. The third-order valence-electron chi connectivity index (χ3n) is 4.16. The second-order valence-electron chi connectivity index (χ2n) is 6.73. The number of phenolic OH excluding ortho intramolecular Hbond substituents is 2. The summed E-state index contributed by atoms with van der Waals surface area (Å²) in [5.41, 5.74) is 2.15. The number of aryl methyl sites for hydroxylation is 2. The van der Waals surface area contributed by atoms with Crippen molar-refractivity contribution in [2.45, 2.75) is 65.5 Å². The summed E-state index contributed by atoms with van der Waals surface area (Å²) in [7, 11) is 0. The summed E-state index contributed by atoms with van der Waals surface area (Å²) in [5.74, 6) is -2.86. The lowest BCUT2D eigenvalue weighted by atomic mass is 9.99. The van der Waals surface area contributed by atoms with Crippen LogP contribution >= 0.6 is 0 Å². The number of alkyl halides is 3. The second kappa shape index (κ2) is 10.2. The Hall–Kier alpha value is -2.17. The van der Waals surface area contributed by atoms with Crippen LogP contribution in [0.5, 0.6) is 11.5 Å². The van der Waals surface area contributed by atoms with E-state index < -0.39 is 12.1 Å². The second-order valence-corrected chi connectivity index (χ2v) is 6.73. The zero-order chi connectivity index (χ0) is 20.6. The Morgan fingerprint density at radius 1 is 0.889 bits per heavy atom. The van der Waals surface area contributed by atoms with E-state index in [1.807, 2.05) is 6.92 Å². The maximum atomic E-state index is 13.1. The van der Waals surface area contributed by atoms with Crippen molar-refractivity contribution in [2.24, 2.45) is 0 Å². The van der Waals surface area contributed by atoms with Crippen molar-refractivity contribution < 1.29 is 23.4 Å². The average Bonchev–Trinajstić information content (AvgIpc) is 2.58. The van der Waals surface area contributed by atoms with Gasteiger partial charge in [0.1, 0.15) is 17.7 Å². The lowest BCUT2D eigenvalue weighted by Gasteiger charge is -2.15. The summed E-state index contributed by atoms with van der Waals surface area (Å²) in [5, 5.41) is 18.3. The molecule has 2 N–H and O–H groups in total. The van der Waals surface area contributed by atoms with Gasteiger partial charge in [-0.2, -0.15) is 0 Å². The van der Waals surface area contributed by atoms with Crippen LogP contribution in [0.3, 0.4) is 0 Å². The van der Waals surface area contributed by atoms with Gasteiger partial charge in [-0.3, -0.25) is 0 Å². The first-order valence-electron chi connectivity index (χ1n) is 9.26. The van der Waals surface area contributed by atoms with E-state index in [-0.39, 0.29) is 17.1 Å². The molecule has 2 nitrogen and oxygen atoms in total. The van der Waals surface area contributed by atoms with Crippen molar-refractivity contribution in [1.29, 1.82) is 0 Å². The highest BCUT2D eigenvalue weighted by atomic mass is 19.3. The van der Waals surface area contributed by atoms with E-state index in [2.05, 4.69) is 6.92 Å². The molecule has 2 aromatic rings. The molecule has 0 saturated heterocycles. The molecule has 0 bridgehead atoms.